The fraction of sp³-hybridized carbons (Fsp3) is 0.421. The van der Waals surface area contributed by atoms with Gasteiger partial charge >= 0.3 is 0 Å². The molecule has 0 spiro atoms. The molecular weight excluding hydrogens is 316 g/mol. The molecule has 24 heavy (non-hydrogen) atoms. The van der Waals surface area contributed by atoms with Gasteiger partial charge in [0, 0.05) is 18.5 Å². The lowest BCUT2D eigenvalue weighted by atomic mass is 10.1. The maximum absolute atomic E-state index is 4.34. The number of thiophene rings is 1. The van der Waals surface area contributed by atoms with E-state index in [1.54, 1.807) is 11.3 Å². The Morgan fingerprint density at radius 3 is 2.42 bits per heavy atom. The SMILES string of the molecule is CCN(CC)C(CNC(=NC)NCc1cccs1)c1ccccc1. The summed E-state index contributed by atoms with van der Waals surface area (Å²) in [6.45, 7) is 8.11. The van der Waals surface area contributed by atoms with Crippen LogP contribution in [0, 0.1) is 0 Å². The van der Waals surface area contributed by atoms with E-state index in [-0.39, 0.29) is 0 Å². The minimum absolute atomic E-state index is 0.335. The van der Waals surface area contributed by atoms with Gasteiger partial charge in [-0.25, -0.2) is 0 Å². The zero-order chi connectivity index (χ0) is 17.2. The summed E-state index contributed by atoms with van der Waals surface area (Å²) in [6, 6.07) is 15.2. The second-order valence-corrected chi connectivity index (χ2v) is 6.57. The normalized spacial score (nSPS) is 13.1. The number of likely N-dealkylation sites (N-methyl/N-ethyl adjacent to an activating group) is 1. The second kappa shape index (κ2) is 10.1. The summed E-state index contributed by atoms with van der Waals surface area (Å²) in [6.07, 6.45) is 0. The van der Waals surface area contributed by atoms with Crippen LogP contribution in [0.1, 0.15) is 30.3 Å². The summed E-state index contributed by atoms with van der Waals surface area (Å²) in [5.74, 6) is 0.844. The van der Waals surface area contributed by atoms with E-state index in [1.165, 1.54) is 10.4 Å². The number of nitrogens with zero attached hydrogens (tertiary/aromatic N) is 2. The van der Waals surface area contributed by atoms with Crippen LogP contribution in [0.25, 0.3) is 0 Å². The monoisotopic (exact) mass is 344 g/mol. The summed E-state index contributed by atoms with van der Waals surface area (Å²) in [7, 11) is 1.82. The van der Waals surface area contributed by atoms with Crippen molar-refractivity contribution in [3.05, 3.63) is 58.3 Å². The summed E-state index contributed by atoms with van der Waals surface area (Å²) >= 11 is 1.76. The molecule has 0 aliphatic rings. The number of aliphatic imine (C=N–C) groups is 1. The lowest BCUT2D eigenvalue weighted by molar-refractivity contribution is 0.219. The molecule has 0 aliphatic heterocycles. The van der Waals surface area contributed by atoms with Gasteiger partial charge in [-0.15, -0.1) is 11.3 Å². The van der Waals surface area contributed by atoms with Gasteiger partial charge in [-0.05, 0) is 30.1 Å². The molecule has 0 bridgehead atoms. The highest BCUT2D eigenvalue weighted by atomic mass is 32.1. The van der Waals surface area contributed by atoms with Gasteiger partial charge in [0.15, 0.2) is 5.96 Å². The third kappa shape index (κ3) is 5.35. The molecule has 4 nitrogen and oxygen atoms in total. The predicted molar refractivity (Wildman–Crippen MR) is 105 cm³/mol. The lowest BCUT2D eigenvalue weighted by Gasteiger charge is -2.30. The van der Waals surface area contributed by atoms with Crippen molar-refractivity contribution in [1.29, 1.82) is 0 Å². The van der Waals surface area contributed by atoms with Gasteiger partial charge in [0.1, 0.15) is 0 Å². The molecule has 0 radical (unpaired) electrons. The summed E-state index contributed by atoms with van der Waals surface area (Å²) in [5, 5.41) is 8.96. The van der Waals surface area contributed by atoms with E-state index in [1.807, 2.05) is 7.05 Å². The first-order valence-electron chi connectivity index (χ1n) is 8.54. The number of hydrogen-bond acceptors (Lipinski definition) is 3. The average Bonchev–Trinajstić information content (AvgIpc) is 3.15. The molecule has 0 aliphatic carbocycles. The van der Waals surface area contributed by atoms with E-state index in [9.17, 15) is 0 Å². The minimum Gasteiger partial charge on any atom is -0.354 e. The first-order chi connectivity index (χ1) is 11.8. The topological polar surface area (TPSA) is 39.7 Å². The Hall–Kier alpha value is -1.85. The summed E-state index contributed by atoms with van der Waals surface area (Å²) < 4.78 is 0. The highest BCUT2D eigenvalue weighted by molar-refractivity contribution is 7.09. The second-order valence-electron chi connectivity index (χ2n) is 5.53. The Morgan fingerprint density at radius 2 is 1.83 bits per heavy atom. The van der Waals surface area contributed by atoms with Gasteiger partial charge < -0.3 is 10.6 Å². The maximum Gasteiger partial charge on any atom is 0.191 e. The average molecular weight is 345 g/mol. The first kappa shape index (κ1) is 18.5. The van der Waals surface area contributed by atoms with Crippen LogP contribution in [-0.2, 0) is 6.54 Å². The van der Waals surface area contributed by atoms with Crippen molar-refractivity contribution < 1.29 is 0 Å². The van der Waals surface area contributed by atoms with Gasteiger partial charge in [0.25, 0.3) is 0 Å². The summed E-state index contributed by atoms with van der Waals surface area (Å²) in [5.41, 5.74) is 1.34. The molecule has 130 valence electrons. The smallest absolute Gasteiger partial charge is 0.191 e. The molecule has 1 atom stereocenters. The Kier molecular flexibility index (Phi) is 7.79. The molecule has 5 heteroatoms. The molecule has 1 aromatic carbocycles. The highest BCUT2D eigenvalue weighted by Gasteiger charge is 2.18. The zero-order valence-electron chi connectivity index (χ0n) is 14.8. The van der Waals surface area contributed by atoms with Crippen molar-refractivity contribution >= 4 is 17.3 Å². The third-order valence-electron chi connectivity index (χ3n) is 4.13. The molecule has 1 heterocycles. The minimum atomic E-state index is 0.335. The zero-order valence-corrected chi connectivity index (χ0v) is 15.6. The Bertz CT molecular complexity index is 591. The van der Waals surface area contributed by atoms with Crippen LogP contribution < -0.4 is 10.6 Å². The van der Waals surface area contributed by atoms with Crippen LogP contribution in [0.2, 0.25) is 0 Å². The summed E-state index contributed by atoms with van der Waals surface area (Å²) in [4.78, 5) is 8.12. The molecule has 0 saturated heterocycles. The molecule has 2 rings (SSSR count). The van der Waals surface area contributed by atoms with Gasteiger partial charge in [-0.2, -0.15) is 0 Å². The fourth-order valence-corrected chi connectivity index (χ4v) is 3.44. The van der Waals surface area contributed by atoms with E-state index >= 15 is 0 Å². The van der Waals surface area contributed by atoms with Gasteiger partial charge in [-0.3, -0.25) is 9.89 Å². The van der Waals surface area contributed by atoms with Crippen LogP contribution in [0.15, 0.2) is 52.8 Å². The van der Waals surface area contributed by atoms with Crippen LogP contribution in [0.5, 0.6) is 0 Å². The molecule has 0 saturated carbocycles. The van der Waals surface area contributed by atoms with E-state index in [0.717, 1.165) is 32.1 Å². The maximum atomic E-state index is 4.34. The standard InChI is InChI=1S/C19H28N4S/c1-4-23(5-2)18(16-10-7-6-8-11-16)15-22-19(20-3)21-14-17-12-9-13-24-17/h6-13,18H,4-5,14-15H2,1-3H3,(H2,20,21,22). The molecule has 0 fully saturated rings. The number of nitrogens with one attached hydrogen (secondary N) is 2. The Balaban J connectivity index is 1.97. The van der Waals surface area contributed by atoms with E-state index in [4.69, 9.17) is 0 Å². The van der Waals surface area contributed by atoms with Crippen LogP contribution in [0.4, 0.5) is 0 Å². The van der Waals surface area contributed by atoms with Crippen molar-refractivity contribution in [2.45, 2.75) is 26.4 Å². The molecule has 1 aromatic heterocycles. The Labute approximate surface area is 149 Å². The van der Waals surface area contributed by atoms with Crippen molar-refractivity contribution in [3.63, 3.8) is 0 Å². The lowest BCUT2D eigenvalue weighted by Crippen LogP contribution is -2.42. The van der Waals surface area contributed by atoms with Crippen molar-refractivity contribution in [3.8, 4) is 0 Å². The van der Waals surface area contributed by atoms with Crippen molar-refractivity contribution in [2.24, 2.45) is 4.99 Å². The molecule has 2 aromatic rings. The molecule has 0 amide bonds. The van der Waals surface area contributed by atoms with Crippen molar-refractivity contribution in [2.75, 3.05) is 26.7 Å². The van der Waals surface area contributed by atoms with Crippen molar-refractivity contribution in [1.82, 2.24) is 15.5 Å². The molecular formula is C19H28N4S. The largest absolute Gasteiger partial charge is 0.354 e. The number of hydrogen-bond donors (Lipinski definition) is 2. The molecule has 1 unspecified atom stereocenters. The highest BCUT2D eigenvalue weighted by Crippen LogP contribution is 2.19. The van der Waals surface area contributed by atoms with Gasteiger partial charge in [0.2, 0.25) is 0 Å². The van der Waals surface area contributed by atoms with Gasteiger partial charge in [-0.1, -0.05) is 50.2 Å². The van der Waals surface area contributed by atoms with Crippen LogP contribution in [0.3, 0.4) is 0 Å². The van der Waals surface area contributed by atoms with E-state index < -0.39 is 0 Å². The third-order valence-corrected chi connectivity index (χ3v) is 5.01. The van der Waals surface area contributed by atoms with Crippen LogP contribution >= 0.6 is 11.3 Å². The number of guanidine groups is 1. The predicted octanol–water partition coefficient (Wildman–Crippen LogP) is 3.50. The number of rotatable bonds is 8. The first-order valence-corrected chi connectivity index (χ1v) is 9.42. The van der Waals surface area contributed by atoms with E-state index in [2.05, 4.69) is 82.2 Å². The fourth-order valence-electron chi connectivity index (χ4n) is 2.80. The Morgan fingerprint density at radius 1 is 1.08 bits per heavy atom. The van der Waals surface area contributed by atoms with Gasteiger partial charge in [0.05, 0.1) is 12.6 Å². The molecule has 2 N–H and O–H groups in total. The number of benzene rings is 1. The quantitative estimate of drug-likeness (QED) is 0.569. The van der Waals surface area contributed by atoms with Crippen LogP contribution in [-0.4, -0.2) is 37.5 Å². The van der Waals surface area contributed by atoms with E-state index in [0.29, 0.717) is 6.04 Å².